The highest BCUT2D eigenvalue weighted by atomic mass is 35.5. The van der Waals surface area contributed by atoms with Gasteiger partial charge >= 0.3 is 0 Å². The molecule has 0 aliphatic rings. The first-order chi connectivity index (χ1) is 16.7. The molecule has 0 spiro atoms. The minimum absolute atomic E-state index is 0. The van der Waals surface area contributed by atoms with E-state index in [2.05, 4.69) is 50.8 Å². The summed E-state index contributed by atoms with van der Waals surface area (Å²) in [6.45, 7) is 12.9. The quantitative estimate of drug-likeness (QED) is 0.126. The van der Waals surface area contributed by atoms with Gasteiger partial charge in [0.15, 0.2) is 0 Å². The zero-order valence-corrected chi connectivity index (χ0v) is 25.2. The third kappa shape index (κ3) is 19.3. The molecule has 206 valence electrons. The minimum atomic E-state index is 0. The van der Waals surface area contributed by atoms with Crippen LogP contribution in [0.2, 0.25) is 0 Å². The van der Waals surface area contributed by atoms with Crippen LogP contribution in [0.1, 0.15) is 159 Å². The van der Waals surface area contributed by atoms with E-state index in [1.54, 1.807) is 5.56 Å². The summed E-state index contributed by atoms with van der Waals surface area (Å²) >= 11 is 0. The molecule has 0 saturated heterocycles. The number of rotatable bonds is 24. The van der Waals surface area contributed by atoms with Crippen LogP contribution < -0.4 is 0 Å². The van der Waals surface area contributed by atoms with Crippen LogP contribution in [0.25, 0.3) is 0 Å². The Labute approximate surface area is 227 Å². The van der Waals surface area contributed by atoms with Crippen LogP contribution in [0.3, 0.4) is 0 Å². The van der Waals surface area contributed by atoms with Crippen molar-refractivity contribution in [3.8, 4) is 0 Å². The largest absolute Gasteiger partial charge is 0.299 e. The van der Waals surface area contributed by atoms with E-state index in [4.69, 9.17) is 0 Å². The maximum atomic E-state index is 2.76. The van der Waals surface area contributed by atoms with Gasteiger partial charge in [0.05, 0.1) is 0 Å². The van der Waals surface area contributed by atoms with Gasteiger partial charge in [0.2, 0.25) is 0 Å². The molecule has 0 aliphatic heterocycles. The Bertz CT molecular complexity index is 546. The zero-order valence-electron chi connectivity index (χ0n) is 24.4. The van der Waals surface area contributed by atoms with Crippen LogP contribution in [0, 0.1) is 13.8 Å². The van der Waals surface area contributed by atoms with E-state index < -0.39 is 0 Å². The summed E-state index contributed by atoms with van der Waals surface area (Å²) in [5.41, 5.74) is 4.48. The molecule has 0 atom stereocenters. The van der Waals surface area contributed by atoms with Crippen LogP contribution in [-0.4, -0.2) is 18.0 Å². The van der Waals surface area contributed by atoms with Crippen molar-refractivity contribution in [3.63, 3.8) is 0 Å². The Morgan fingerprint density at radius 1 is 0.514 bits per heavy atom. The van der Waals surface area contributed by atoms with E-state index in [0.717, 1.165) is 6.54 Å². The fourth-order valence-electron chi connectivity index (χ4n) is 5.14. The minimum Gasteiger partial charge on any atom is -0.299 e. The highest BCUT2D eigenvalue weighted by molar-refractivity contribution is 5.85. The molecule has 0 fully saturated rings. The summed E-state index contributed by atoms with van der Waals surface area (Å²) < 4.78 is 0. The van der Waals surface area contributed by atoms with E-state index >= 15 is 0 Å². The van der Waals surface area contributed by atoms with Crippen molar-refractivity contribution in [2.75, 3.05) is 13.1 Å². The van der Waals surface area contributed by atoms with Crippen LogP contribution in [0.15, 0.2) is 18.2 Å². The monoisotopic (exact) mass is 507 g/mol. The van der Waals surface area contributed by atoms with Gasteiger partial charge in [0.25, 0.3) is 0 Å². The molecule has 0 radical (unpaired) electrons. The van der Waals surface area contributed by atoms with Crippen molar-refractivity contribution in [2.24, 2.45) is 0 Å². The number of aryl methyl sites for hydroxylation is 1. The number of nitrogens with zero attached hydrogens (tertiary/aromatic N) is 1. The summed E-state index contributed by atoms with van der Waals surface area (Å²) in [4.78, 5) is 2.76. The maximum Gasteiger partial charge on any atom is 0.0236 e. The van der Waals surface area contributed by atoms with Gasteiger partial charge in [-0.15, -0.1) is 12.4 Å². The summed E-state index contributed by atoms with van der Waals surface area (Å²) in [5.74, 6) is 0. The molecule has 0 bridgehead atoms. The predicted molar refractivity (Wildman–Crippen MR) is 162 cm³/mol. The van der Waals surface area contributed by atoms with E-state index in [-0.39, 0.29) is 12.4 Å². The molecule has 1 rings (SSSR count). The number of hydrogen-bond acceptors (Lipinski definition) is 1. The number of unbranched alkanes of at least 4 members (excludes halogenated alkanes) is 18. The Morgan fingerprint density at radius 2 is 0.886 bits per heavy atom. The molecule has 1 aromatic carbocycles. The first-order valence-electron chi connectivity index (χ1n) is 15.5. The molecular formula is C33H62ClN. The second kappa shape index (κ2) is 25.1. The Kier molecular flexibility index (Phi) is 24.8. The Morgan fingerprint density at radius 3 is 1.29 bits per heavy atom. The summed E-state index contributed by atoms with van der Waals surface area (Å²) in [5, 5.41) is 0. The average molecular weight is 508 g/mol. The van der Waals surface area contributed by atoms with Crippen molar-refractivity contribution in [2.45, 2.75) is 163 Å². The van der Waals surface area contributed by atoms with E-state index in [0.29, 0.717) is 0 Å². The number of hydrogen-bond donors (Lipinski definition) is 0. The van der Waals surface area contributed by atoms with E-state index in [9.17, 15) is 0 Å². The summed E-state index contributed by atoms with van der Waals surface area (Å²) in [6.07, 6.45) is 28.5. The van der Waals surface area contributed by atoms with Gasteiger partial charge in [-0.05, 0) is 56.5 Å². The molecule has 0 N–H and O–H groups in total. The molecular weight excluding hydrogens is 446 g/mol. The van der Waals surface area contributed by atoms with Crippen LogP contribution >= 0.6 is 12.4 Å². The topological polar surface area (TPSA) is 3.24 Å². The van der Waals surface area contributed by atoms with Crippen molar-refractivity contribution >= 4 is 12.4 Å². The van der Waals surface area contributed by atoms with Crippen LogP contribution in [0.5, 0.6) is 0 Å². The second-order valence-electron chi connectivity index (χ2n) is 11.0. The molecule has 0 amide bonds. The molecule has 1 nitrogen and oxygen atoms in total. The van der Waals surface area contributed by atoms with Crippen LogP contribution in [0.4, 0.5) is 0 Å². The third-order valence-corrected chi connectivity index (χ3v) is 7.77. The molecule has 1 aromatic rings. The summed E-state index contributed by atoms with van der Waals surface area (Å²) in [7, 11) is 0. The lowest BCUT2D eigenvalue weighted by Crippen LogP contribution is -2.26. The van der Waals surface area contributed by atoms with Gasteiger partial charge in [-0.2, -0.15) is 0 Å². The van der Waals surface area contributed by atoms with E-state index in [1.165, 1.54) is 153 Å². The van der Waals surface area contributed by atoms with Crippen molar-refractivity contribution in [3.05, 3.63) is 34.9 Å². The fourth-order valence-corrected chi connectivity index (χ4v) is 5.14. The Balaban J connectivity index is 0.0000116. The average Bonchev–Trinajstić information content (AvgIpc) is 2.84. The lowest BCUT2D eigenvalue weighted by Gasteiger charge is -2.24. The highest BCUT2D eigenvalue weighted by Crippen LogP contribution is 2.17. The second-order valence-corrected chi connectivity index (χ2v) is 11.0. The van der Waals surface area contributed by atoms with Crippen LogP contribution in [-0.2, 0) is 6.54 Å². The predicted octanol–water partition coefficient (Wildman–Crippen LogP) is 11.4. The zero-order chi connectivity index (χ0) is 24.7. The van der Waals surface area contributed by atoms with Gasteiger partial charge in [-0.3, -0.25) is 4.90 Å². The third-order valence-electron chi connectivity index (χ3n) is 7.77. The van der Waals surface area contributed by atoms with Gasteiger partial charge in [0.1, 0.15) is 0 Å². The molecule has 0 saturated carbocycles. The van der Waals surface area contributed by atoms with E-state index in [1.807, 2.05) is 0 Å². The number of halogens is 1. The molecule has 0 unspecified atom stereocenters. The van der Waals surface area contributed by atoms with Gasteiger partial charge in [-0.25, -0.2) is 0 Å². The lowest BCUT2D eigenvalue weighted by molar-refractivity contribution is 0.251. The molecule has 0 aromatic heterocycles. The van der Waals surface area contributed by atoms with Crippen molar-refractivity contribution < 1.29 is 0 Å². The van der Waals surface area contributed by atoms with Crippen molar-refractivity contribution in [1.29, 1.82) is 0 Å². The molecule has 35 heavy (non-hydrogen) atoms. The SMILES string of the molecule is CCCCCCCCCCCCN(CCCCCCCCCCCC)Cc1cccc(C)c1C.Cl. The normalized spacial score (nSPS) is 11.2. The van der Waals surface area contributed by atoms with Crippen molar-refractivity contribution in [1.82, 2.24) is 4.90 Å². The van der Waals surface area contributed by atoms with Gasteiger partial charge < -0.3 is 0 Å². The molecule has 0 aliphatic carbocycles. The van der Waals surface area contributed by atoms with Gasteiger partial charge in [0, 0.05) is 6.54 Å². The van der Waals surface area contributed by atoms with Gasteiger partial charge in [-0.1, -0.05) is 148 Å². The first kappa shape index (κ1) is 34.5. The Hall–Kier alpha value is -0.530. The molecule has 0 heterocycles. The highest BCUT2D eigenvalue weighted by Gasteiger charge is 2.09. The number of benzene rings is 1. The summed E-state index contributed by atoms with van der Waals surface area (Å²) in [6, 6.07) is 6.86. The fraction of sp³-hybridized carbons (Fsp3) is 0.818. The maximum absolute atomic E-state index is 2.76. The lowest BCUT2D eigenvalue weighted by atomic mass is 10.0. The first-order valence-corrected chi connectivity index (χ1v) is 15.5. The molecule has 2 heteroatoms. The standard InChI is InChI=1S/C33H61N.ClH/c1-5-7-9-11-13-15-17-19-21-23-28-34(30-33-27-25-26-31(3)32(33)4)29-24-22-20-18-16-14-12-10-8-6-2;/h25-27H,5-24,28-30H2,1-4H3;1H. The smallest absolute Gasteiger partial charge is 0.0236 e.